The number of hydrogen-bond acceptors (Lipinski definition) is 7. The first-order valence-electron chi connectivity index (χ1n) is 9.44. The average Bonchev–Trinajstić information content (AvgIpc) is 3.14. The molecule has 2 aromatic rings. The van der Waals surface area contributed by atoms with Crippen molar-refractivity contribution in [2.24, 2.45) is 11.7 Å². The highest BCUT2D eigenvalue weighted by Gasteiger charge is 2.49. The molecule has 31 heavy (non-hydrogen) atoms. The molecule has 1 unspecified atom stereocenters. The van der Waals surface area contributed by atoms with Gasteiger partial charge in [0.05, 0.1) is 30.8 Å². The van der Waals surface area contributed by atoms with Gasteiger partial charge >= 0.3 is 0 Å². The van der Waals surface area contributed by atoms with Gasteiger partial charge in [-0.1, -0.05) is 0 Å². The Morgan fingerprint density at radius 2 is 2.19 bits per heavy atom. The van der Waals surface area contributed by atoms with Crippen LogP contribution in [0.25, 0.3) is 0 Å². The molecule has 1 fully saturated rings. The predicted octanol–water partition coefficient (Wildman–Crippen LogP) is 3.13. The van der Waals surface area contributed by atoms with Gasteiger partial charge in [-0.2, -0.15) is 0 Å². The minimum absolute atomic E-state index is 0.0143. The number of carbonyl (C=O) groups is 1. The third-order valence-corrected chi connectivity index (χ3v) is 6.47. The number of allylic oxidation sites excluding steroid dienone is 1. The third kappa shape index (κ3) is 4.12. The number of anilines is 1. The molecule has 1 aliphatic carbocycles. The minimum Gasteiger partial charge on any atom is -0.501 e. The Balaban J connectivity index is 1.64. The molecule has 0 spiro atoms. The van der Waals surface area contributed by atoms with Gasteiger partial charge in [-0.15, -0.1) is 11.8 Å². The van der Waals surface area contributed by atoms with E-state index in [-0.39, 0.29) is 11.6 Å². The molecular formula is C20H20F3N5O2S. The molecule has 0 saturated carbocycles. The zero-order chi connectivity index (χ0) is 22.2. The maximum Gasteiger partial charge on any atom is 0.281 e. The molecular weight excluding hydrogens is 431 g/mol. The highest BCUT2D eigenvalue weighted by atomic mass is 32.2. The Kier molecular flexibility index (Phi) is 5.91. The van der Waals surface area contributed by atoms with Crippen LogP contribution in [0, 0.1) is 11.7 Å². The summed E-state index contributed by atoms with van der Waals surface area (Å²) in [4.78, 5) is 19.7. The van der Waals surface area contributed by atoms with Gasteiger partial charge in [0.15, 0.2) is 0 Å². The molecule has 4 rings (SSSR count). The van der Waals surface area contributed by atoms with Crippen LogP contribution < -0.4 is 16.4 Å². The Labute approximate surface area is 180 Å². The number of ether oxygens (including phenoxy) is 1. The van der Waals surface area contributed by atoms with Crippen LogP contribution in [0.1, 0.15) is 34.6 Å². The van der Waals surface area contributed by atoms with Crippen LogP contribution in [0.5, 0.6) is 0 Å². The molecule has 7 nitrogen and oxygen atoms in total. The number of nitrogens with two attached hydrogens (primary N) is 1. The van der Waals surface area contributed by atoms with Crippen molar-refractivity contribution in [3.05, 3.63) is 65.2 Å². The lowest BCUT2D eigenvalue weighted by atomic mass is 9.80. The van der Waals surface area contributed by atoms with E-state index in [1.165, 1.54) is 30.0 Å². The second-order valence-electron chi connectivity index (χ2n) is 7.26. The van der Waals surface area contributed by atoms with E-state index in [1.807, 2.05) is 6.08 Å². The van der Waals surface area contributed by atoms with E-state index < -0.39 is 34.9 Å². The van der Waals surface area contributed by atoms with Gasteiger partial charge in [0, 0.05) is 29.3 Å². The van der Waals surface area contributed by atoms with Crippen molar-refractivity contribution in [1.29, 1.82) is 0 Å². The molecule has 1 aliphatic heterocycles. The smallest absolute Gasteiger partial charge is 0.281 e. The van der Waals surface area contributed by atoms with Crippen LogP contribution in [-0.2, 0) is 10.3 Å². The first-order chi connectivity index (χ1) is 14.8. The monoisotopic (exact) mass is 451 g/mol. The Morgan fingerprint density at radius 3 is 2.87 bits per heavy atom. The molecule has 1 aromatic carbocycles. The SMILES string of the molecule is COC1=C[C@]2(c3cc(NC(=O)c4cnc(C(F)F)cn4)ccc3F)NC(N)SC[C@@H]2C1. The number of benzene rings is 1. The molecule has 164 valence electrons. The van der Waals surface area contributed by atoms with E-state index in [0.717, 1.165) is 18.2 Å². The number of methoxy groups -OCH3 is 1. The van der Waals surface area contributed by atoms with Crippen molar-refractivity contribution in [1.82, 2.24) is 15.3 Å². The number of nitrogens with one attached hydrogen (secondary N) is 2. The van der Waals surface area contributed by atoms with Crippen molar-refractivity contribution in [3.8, 4) is 0 Å². The lowest BCUT2D eigenvalue weighted by Gasteiger charge is -2.42. The third-order valence-electron chi connectivity index (χ3n) is 5.40. The fraction of sp³-hybridized carbons (Fsp3) is 0.350. The van der Waals surface area contributed by atoms with Crippen LogP contribution in [-0.4, -0.2) is 34.2 Å². The molecule has 4 N–H and O–H groups in total. The largest absolute Gasteiger partial charge is 0.501 e. The van der Waals surface area contributed by atoms with Gasteiger partial charge in [0.2, 0.25) is 0 Å². The number of thioether (sulfide) groups is 1. The van der Waals surface area contributed by atoms with Crippen LogP contribution in [0.3, 0.4) is 0 Å². The normalized spacial score (nSPS) is 25.2. The zero-order valence-electron chi connectivity index (χ0n) is 16.4. The fourth-order valence-electron chi connectivity index (χ4n) is 3.88. The lowest BCUT2D eigenvalue weighted by molar-refractivity contribution is 0.102. The van der Waals surface area contributed by atoms with Gasteiger partial charge in [-0.05, 0) is 24.3 Å². The van der Waals surface area contributed by atoms with Gasteiger partial charge < -0.3 is 15.8 Å². The maximum absolute atomic E-state index is 15.0. The van der Waals surface area contributed by atoms with E-state index in [4.69, 9.17) is 10.5 Å². The summed E-state index contributed by atoms with van der Waals surface area (Å²) in [5.41, 5.74) is 4.82. The van der Waals surface area contributed by atoms with E-state index in [2.05, 4.69) is 20.6 Å². The molecule has 11 heteroatoms. The summed E-state index contributed by atoms with van der Waals surface area (Å²) in [6.45, 7) is 0. The molecule has 1 amide bonds. The molecule has 0 radical (unpaired) electrons. The van der Waals surface area contributed by atoms with Gasteiger partial charge in [0.25, 0.3) is 12.3 Å². The summed E-state index contributed by atoms with van der Waals surface area (Å²) in [6, 6.07) is 4.21. The van der Waals surface area contributed by atoms with Gasteiger partial charge in [0.1, 0.15) is 22.7 Å². The van der Waals surface area contributed by atoms with Crippen molar-refractivity contribution in [3.63, 3.8) is 0 Å². The summed E-state index contributed by atoms with van der Waals surface area (Å²) >= 11 is 1.54. The zero-order valence-corrected chi connectivity index (χ0v) is 17.3. The number of aromatic nitrogens is 2. The second-order valence-corrected chi connectivity index (χ2v) is 8.43. The Morgan fingerprint density at radius 1 is 1.39 bits per heavy atom. The molecule has 2 aliphatic rings. The van der Waals surface area contributed by atoms with Crippen molar-refractivity contribution in [2.45, 2.75) is 23.9 Å². The summed E-state index contributed by atoms with van der Waals surface area (Å²) in [5, 5.41) is 5.90. The number of rotatable bonds is 5. The van der Waals surface area contributed by atoms with E-state index in [1.54, 1.807) is 7.11 Å². The molecule has 0 bridgehead atoms. The highest BCUT2D eigenvalue weighted by molar-refractivity contribution is 7.99. The summed E-state index contributed by atoms with van der Waals surface area (Å²) in [7, 11) is 1.57. The maximum atomic E-state index is 15.0. The van der Waals surface area contributed by atoms with Crippen LogP contribution >= 0.6 is 11.8 Å². The van der Waals surface area contributed by atoms with Crippen LogP contribution in [0.15, 0.2) is 42.4 Å². The molecule has 3 atom stereocenters. The molecule has 1 saturated heterocycles. The standard InChI is InChI=1S/C20H20F3N5O2S/c1-30-12-4-10-9-31-19(24)28-20(10,6-12)13-5-11(2-3-14(13)21)27-18(29)16-8-25-15(7-26-16)17(22)23/h2-3,5-8,10,17,19,28H,4,9,24H2,1H3,(H,27,29)/t10-,19?,20-/m0/s1. The number of alkyl halides is 2. The highest BCUT2D eigenvalue weighted by Crippen LogP contribution is 2.48. The first-order valence-corrected chi connectivity index (χ1v) is 10.5. The lowest BCUT2D eigenvalue weighted by Crippen LogP contribution is -2.56. The molecule has 1 aromatic heterocycles. The average molecular weight is 451 g/mol. The summed E-state index contributed by atoms with van der Waals surface area (Å²) in [5.74, 6) is 0.350. The summed E-state index contributed by atoms with van der Waals surface area (Å²) in [6.07, 6.45) is 1.51. The van der Waals surface area contributed by atoms with Crippen molar-refractivity contribution < 1.29 is 22.7 Å². The second kappa shape index (κ2) is 8.48. The van der Waals surface area contributed by atoms with Crippen LogP contribution in [0.4, 0.5) is 18.9 Å². The molecule has 2 heterocycles. The number of carbonyl (C=O) groups excluding carboxylic acids is 1. The van der Waals surface area contributed by atoms with Gasteiger partial charge in [-0.3, -0.25) is 15.1 Å². The summed E-state index contributed by atoms with van der Waals surface area (Å²) < 4.78 is 45.6. The number of hydrogen-bond donors (Lipinski definition) is 3. The number of amides is 1. The van der Waals surface area contributed by atoms with Gasteiger partial charge in [-0.25, -0.2) is 18.2 Å². The number of nitrogens with zero attached hydrogens (tertiary/aromatic N) is 2. The van der Waals surface area contributed by atoms with Crippen molar-refractivity contribution in [2.75, 3.05) is 18.2 Å². The fourth-order valence-corrected chi connectivity index (χ4v) is 4.98. The first kappa shape index (κ1) is 21.6. The number of fused-ring (bicyclic) bond motifs is 1. The predicted molar refractivity (Wildman–Crippen MR) is 110 cm³/mol. The van der Waals surface area contributed by atoms with E-state index in [0.29, 0.717) is 23.4 Å². The Bertz CT molecular complexity index is 1020. The Hall–Kier alpha value is -2.63. The topological polar surface area (TPSA) is 102 Å². The van der Waals surface area contributed by atoms with E-state index >= 15 is 0 Å². The van der Waals surface area contributed by atoms with Crippen molar-refractivity contribution >= 4 is 23.4 Å². The number of halogens is 3. The quantitative estimate of drug-likeness (QED) is 0.642. The van der Waals surface area contributed by atoms with Crippen LogP contribution in [0.2, 0.25) is 0 Å². The van der Waals surface area contributed by atoms with E-state index in [9.17, 15) is 18.0 Å². The minimum atomic E-state index is -2.78.